The molecule has 0 radical (unpaired) electrons. The number of hydrogen-bond donors (Lipinski definition) is 3. The number of alkyl halides is 3. The number of nitrogens with one attached hydrogen (secondary N) is 3. The van der Waals surface area contributed by atoms with E-state index in [4.69, 9.17) is 10.1 Å². The molecule has 3 aromatic carbocycles. The first-order valence-corrected chi connectivity index (χ1v) is 11.7. The van der Waals surface area contributed by atoms with Crippen LogP contribution < -0.4 is 15.4 Å². The highest BCUT2D eigenvalue weighted by Gasteiger charge is 2.31. The predicted molar refractivity (Wildman–Crippen MR) is 136 cm³/mol. The molecule has 0 bridgehead atoms. The van der Waals surface area contributed by atoms with E-state index in [1.165, 1.54) is 12.1 Å². The summed E-state index contributed by atoms with van der Waals surface area (Å²) in [5.74, 6) is -1.19. The summed E-state index contributed by atoms with van der Waals surface area (Å²) in [7, 11) is 0. The SMILES string of the molecule is N=C(C(=O)Nc1ccc(OC(F)(F)F)cc1)c1ccccc1NCc1ccc(C(=O)N2CCOCC2)cc1. The average molecular weight is 527 g/mol. The minimum absolute atomic E-state index is 0.0415. The summed E-state index contributed by atoms with van der Waals surface area (Å²) in [5, 5.41) is 14.1. The van der Waals surface area contributed by atoms with Crippen LogP contribution in [0.1, 0.15) is 21.5 Å². The van der Waals surface area contributed by atoms with E-state index in [9.17, 15) is 22.8 Å². The number of para-hydroxylation sites is 1. The van der Waals surface area contributed by atoms with Crippen LogP contribution in [0.5, 0.6) is 5.75 Å². The van der Waals surface area contributed by atoms with Crippen LogP contribution in [0, 0.1) is 5.41 Å². The number of benzene rings is 3. The first-order chi connectivity index (χ1) is 18.2. The number of carbonyl (C=O) groups is 2. The van der Waals surface area contributed by atoms with Crippen molar-refractivity contribution in [1.29, 1.82) is 5.41 Å². The number of ether oxygens (including phenoxy) is 2. The quantitative estimate of drug-likeness (QED) is 0.370. The van der Waals surface area contributed by atoms with Crippen LogP contribution in [0.2, 0.25) is 0 Å². The Kier molecular flexibility index (Phi) is 8.27. The Balaban J connectivity index is 1.36. The zero-order valence-corrected chi connectivity index (χ0v) is 20.2. The number of rotatable bonds is 8. The molecule has 8 nitrogen and oxygen atoms in total. The number of halogens is 3. The Labute approximate surface area is 216 Å². The van der Waals surface area contributed by atoms with Crippen molar-refractivity contribution < 1.29 is 32.2 Å². The molecular weight excluding hydrogens is 501 g/mol. The number of amides is 2. The Morgan fingerprint density at radius 2 is 1.61 bits per heavy atom. The zero-order chi connectivity index (χ0) is 27.1. The summed E-state index contributed by atoms with van der Waals surface area (Å²) >= 11 is 0. The van der Waals surface area contributed by atoms with Gasteiger partial charge in [-0.05, 0) is 48.0 Å². The van der Waals surface area contributed by atoms with Crippen LogP contribution in [0.3, 0.4) is 0 Å². The third kappa shape index (κ3) is 7.10. The molecule has 4 rings (SSSR count). The second-order valence-corrected chi connectivity index (χ2v) is 8.40. The Morgan fingerprint density at radius 3 is 2.26 bits per heavy atom. The molecule has 0 unspecified atom stereocenters. The number of morpholine rings is 1. The van der Waals surface area contributed by atoms with Crippen LogP contribution in [0.25, 0.3) is 0 Å². The molecule has 198 valence electrons. The van der Waals surface area contributed by atoms with Crippen molar-refractivity contribution in [1.82, 2.24) is 4.90 Å². The van der Waals surface area contributed by atoms with Crippen molar-refractivity contribution in [2.75, 3.05) is 36.9 Å². The lowest BCUT2D eigenvalue weighted by atomic mass is 10.1. The van der Waals surface area contributed by atoms with E-state index in [1.54, 1.807) is 41.3 Å². The minimum Gasteiger partial charge on any atom is -0.406 e. The lowest BCUT2D eigenvalue weighted by Gasteiger charge is -2.26. The van der Waals surface area contributed by atoms with Crippen LogP contribution in [0.15, 0.2) is 72.8 Å². The molecule has 3 aromatic rings. The van der Waals surface area contributed by atoms with E-state index in [0.717, 1.165) is 17.7 Å². The van der Waals surface area contributed by atoms with Gasteiger partial charge >= 0.3 is 6.36 Å². The highest BCUT2D eigenvalue weighted by molar-refractivity contribution is 6.48. The maximum Gasteiger partial charge on any atom is 0.573 e. The van der Waals surface area contributed by atoms with E-state index >= 15 is 0 Å². The van der Waals surface area contributed by atoms with Crippen molar-refractivity contribution >= 4 is 28.9 Å². The van der Waals surface area contributed by atoms with Gasteiger partial charge in [0.05, 0.1) is 13.2 Å². The van der Waals surface area contributed by atoms with Crippen molar-refractivity contribution in [2.45, 2.75) is 12.9 Å². The molecule has 38 heavy (non-hydrogen) atoms. The number of hydrogen-bond acceptors (Lipinski definition) is 6. The minimum atomic E-state index is -4.81. The molecule has 1 aliphatic rings. The summed E-state index contributed by atoms with van der Waals surface area (Å²) in [6.07, 6.45) is -4.81. The van der Waals surface area contributed by atoms with E-state index in [0.29, 0.717) is 49.7 Å². The third-order valence-corrected chi connectivity index (χ3v) is 5.75. The molecule has 3 N–H and O–H groups in total. The molecule has 0 aliphatic carbocycles. The standard InChI is InChI=1S/C27H25F3N4O4/c28-27(29,30)38-21-11-9-20(10-12-21)33-25(35)24(31)22-3-1-2-4-23(22)32-17-18-5-7-19(8-6-18)26(36)34-13-15-37-16-14-34/h1-12,31-32H,13-17H2,(H,33,35). The molecule has 0 aromatic heterocycles. The second-order valence-electron chi connectivity index (χ2n) is 8.40. The average Bonchev–Trinajstić information content (AvgIpc) is 2.92. The van der Waals surface area contributed by atoms with Gasteiger partial charge in [-0.25, -0.2) is 0 Å². The highest BCUT2D eigenvalue weighted by atomic mass is 19.4. The summed E-state index contributed by atoms with van der Waals surface area (Å²) in [4.78, 5) is 27.0. The maximum atomic E-state index is 12.7. The van der Waals surface area contributed by atoms with Crippen LogP contribution >= 0.6 is 0 Å². The van der Waals surface area contributed by atoms with Gasteiger partial charge in [0.25, 0.3) is 11.8 Å². The number of carbonyl (C=O) groups excluding carboxylic acids is 2. The molecule has 0 spiro atoms. The largest absolute Gasteiger partial charge is 0.573 e. The summed E-state index contributed by atoms with van der Waals surface area (Å²) in [5.41, 5.74) is 2.28. The van der Waals surface area contributed by atoms with Gasteiger partial charge in [0.15, 0.2) is 0 Å². The Morgan fingerprint density at radius 1 is 0.947 bits per heavy atom. The third-order valence-electron chi connectivity index (χ3n) is 5.75. The van der Waals surface area contributed by atoms with Gasteiger partial charge in [0, 0.05) is 42.1 Å². The van der Waals surface area contributed by atoms with Gasteiger partial charge in [-0.3, -0.25) is 15.0 Å². The second kappa shape index (κ2) is 11.8. The first-order valence-electron chi connectivity index (χ1n) is 11.7. The smallest absolute Gasteiger partial charge is 0.406 e. The zero-order valence-electron chi connectivity index (χ0n) is 20.2. The Hall–Kier alpha value is -4.38. The van der Waals surface area contributed by atoms with Gasteiger partial charge in [0.1, 0.15) is 11.5 Å². The maximum absolute atomic E-state index is 12.7. The number of nitrogens with zero attached hydrogens (tertiary/aromatic N) is 1. The molecule has 2 amide bonds. The normalized spacial score (nSPS) is 13.5. The molecule has 11 heteroatoms. The van der Waals surface area contributed by atoms with E-state index < -0.39 is 18.0 Å². The molecule has 1 aliphatic heterocycles. The fourth-order valence-corrected chi connectivity index (χ4v) is 3.82. The lowest BCUT2D eigenvalue weighted by molar-refractivity contribution is -0.274. The molecule has 1 saturated heterocycles. The highest BCUT2D eigenvalue weighted by Crippen LogP contribution is 2.24. The van der Waals surface area contributed by atoms with Crippen LogP contribution in [-0.2, 0) is 16.1 Å². The van der Waals surface area contributed by atoms with E-state index in [1.807, 2.05) is 12.1 Å². The molecule has 0 saturated carbocycles. The summed E-state index contributed by atoms with van der Waals surface area (Å²) in [6.45, 7) is 2.58. The fourth-order valence-electron chi connectivity index (χ4n) is 3.82. The number of anilines is 2. The van der Waals surface area contributed by atoms with Crippen LogP contribution in [-0.4, -0.2) is 55.1 Å². The molecular formula is C27H25F3N4O4. The van der Waals surface area contributed by atoms with Gasteiger partial charge in [-0.1, -0.05) is 30.3 Å². The van der Waals surface area contributed by atoms with Gasteiger partial charge in [-0.2, -0.15) is 0 Å². The van der Waals surface area contributed by atoms with E-state index in [-0.39, 0.29) is 17.3 Å². The van der Waals surface area contributed by atoms with Crippen molar-refractivity contribution in [3.05, 3.63) is 89.5 Å². The topological polar surface area (TPSA) is 104 Å². The van der Waals surface area contributed by atoms with Crippen molar-refractivity contribution in [3.8, 4) is 5.75 Å². The van der Waals surface area contributed by atoms with Crippen LogP contribution in [0.4, 0.5) is 24.5 Å². The lowest BCUT2D eigenvalue weighted by Crippen LogP contribution is -2.40. The van der Waals surface area contributed by atoms with Crippen molar-refractivity contribution in [2.24, 2.45) is 0 Å². The van der Waals surface area contributed by atoms with Gasteiger partial charge < -0.3 is 25.0 Å². The molecule has 0 atom stereocenters. The monoisotopic (exact) mass is 526 g/mol. The predicted octanol–water partition coefficient (Wildman–Crippen LogP) is 4.68. The first kappa shape index (κ1) is 26.7. The molecule has 1 heterocycles. The van der Waals surface area contributed by atoms with Gasteiger partial charge in [-0.15, -0.1) is 13.2 Å². The van der Waals surface area contributed by atoms with Crippen molar-refractivity contribution in [3.63, 3.8) is 0 Å². The fraction of sp³-hybridized carbons (Fsp3) is 0.222. The van der Waals surface area contributed by atoms with Gasteiger partial charge in [0.2, 0.25) is 0 Å². The summed E-state index contributed by atoms with van der Waals surface area (Å²) in [6, 6.07) is 18.7. The summed E-state index contributed by atoms with van der Waals surface area (Å²) < 4.78 is 46.1. The molecule has 1 fully saturated rings. The van der Waals surface area contributed by atoms with E-state index in [2.05, 4.69) is 15.4 Å². The Bertz CT molecular complexity index is 1290.